The lowest BCUT2D eigenvalue weighted by Crippen LogP contribution is -2.60. The normalized spacial score (nSPS) is 18.4. The number of hydrogen-bond acceptors (Lipinski definition) is 5. The molecule has 2 saturated heterocycles. The number of carbonyl (C=O) groups is 1. The van der Waals surface area contributed by atoms with Crippen LogP contribution in [0.15, 0.2) is 42.9 Å². The lowest BCUT2D eigenvalue weighted by atomic mass is 9.78. The van der Waals surface area contributed by atoms with E-state index in [9.17, 15) is 26.7 Å². The van der Waals surface area contributed by atoms with Gasteiger partial charge in [-0.15, -0.1) is 0 Å². The summed E-state index contributed by atoms with van der Waals surface area (Å²) < 4.78 is 67.2. The zero-order chi connectivity index (χ0) is 24.8. The summed E-state index contributed by atoms with van der Waals surface area (Å²) in [4.78, 5) is 24.8. The van der Waals surface area contributed by atoms with Crippen LogP contribution in [0.25, 0.3) is 5.82 Å². The quantitative estimate of drug-likeness (QED) is 0.504. The molecule has 1 aromatic carbocycles. The zero-order valence-electron chi connectivity index (χ0n) is 18.5. The number of amides is 1. The van der Waals surface area contributed by atoms with Crippen LogP contribution in [0.4, 0.5) is 33.5 Å². The molecule has 1 spiro atoms. The van der Waals surface area contributed by atoms with E-state index in [1.807, 2.05) is 4.90 Å². The van der Waals surface area contributed by atoms with Gasteiger partial charge in [0.05, 0.1) is 5.54 Å². The molecule has 184 valence electrons. The predicted octanol–water partition coefficient (Wildman–Crippen LogP) is 4.52. The standard InChI is InChI=1S/C23H21F5N6O/c24-16-4-3-15(12-17(16)25)34-21(35)2-1-6-22(34)7-10-32(11-8-22)19-13-20(30-14-29-19)33-9-5-18(31-33)23(26,27)28/h3-5,9,12-14H,1-2,6-8,10-11H2. The minimum absolute atomic E-state index is 0.126. The van der Waals surface area contributed by atoms with Crippen molar-refractivity contribution in [3.05, 3.63) is 60.2 Å². The lowest BCUT2D eigenvalue weighted by molar-refractivity contribution is -0.141. The van der Waals surface area contributed by atoms with Crippen LogP contribution in [0, 0.1) is 11.6 Å². The van der Waals surface area contributed by atoms with Gasteiger partial charge in [0.15, 0.2) is 23.1 Å². The SMILES string of the molecule is O=C1CCCC2(CCN(c3cc(-n4ccc(C(F)(F)F)n4)ncn3)CC2)N1c1ccc(F)c(F)c1. The molecule has 4 heterocycles. The maximum Gasteiger partial charge on any atom is 0.435 e. The van der Waals surface area contributed by atoms with E-state index in [0.717, 1.165) is 29.3 Å². The van der Waals surface area contributed by atoms with Crippen LogP contribution in [0.3, 0.4) is 0 Å². The highest BCUT2D eigenvalue weighted by molar-refractivity contribution is 5.95. The third kappa shape index (κ3) is 4.32. The molecule has 2 aromatic heterocycles. The number of piperidine rings is 2. The second kappa shape index (κ2) is 8.58. The molecule has 0 saturated carbocycles. The molecule has 0 unspecified atom stereocenters. The topological polar surface area (TPSA) is 67.2 Å². The molecule has 12 heteroatoms. The van der Waals surface area contributed by atoms with Gasteiger partial charge in [-0.25, -0.2) is 23.4 Å². The predicted molar refractivity (Wildman–Crippen MR) is 116 cm³/mol. The fourth-order valence-electron chi connectivity index (χ4n) is 4.96. The fourth-order valence-corrected chi connectivity index (χ4v) is 4.96. The molecule has 0 bridgehead atoms. The van der Waals surface area contributed by atoms with Crippen LogP contribution >= 0.6 is 0 Å². The molecule has 0 radical (unpaired) electrons. The lowest BCUT2D eigenvalue weighted by Gasteiger charge is -2.51. The third-order valence-electron chi connectivity index (χ3n) is 6.69. The molecule has 0 N–H and O–H groups in total. The van der Waals surface area contributed by atoms with Crippen LogP contribution < -0.4 is 9.80 Å². The number of aromatic nitrogens is 4. The maximum atomic E-state index is 13.9. The van der Waals surface area contributed by atoms with Crippen LogP contribution in [0.1, 0.15) is 37.8 Å². The highest BCUT2D eigenvalue weighted by atomic mass is 19.4. The Morgan fingerprint density at radius 2 is 1.66 bits per heavy atom. The molecule has 2 aliphatic heterocycles. The van der Waals surface area contributed by atoms with Crippen molar-refractivity contribution in [2.24, 2.45) is 0 Å². The number of alkyl halides is 3. The Bertz CT molecular complexity index is 1250. The van der Waals surface area contributed by atoms with E-state index in [1.54, 1.807) is 11.0 Å². The van der Waals surface area contributed by atoms with Crippen molar-refractivity contribution >= 4 is 17.4 Å². The van der Waals surface area contributed by atoms with Gasteiger partial charge in [-0.05, 0) is 43.9 Å². The molecule has 2 fully saturated rings. The summed E-state index contributed by atoms with van der Waals surface area (Å²) in [5, 5.41) is 3.55. The minimum atomic E-state index is -4.56. The Morgan fingerprint density at radius 1 is 0.914 bits per heavy atom. The molecule has 35 heavy (non-hydrogen) atoms. The molecule has 1 amide bonds. The van der Waals surface area contributed by atoms with Crippen LogP contribution in [0.2, 0.25) is 0 Å². The van der Waals surface area contributed by atoms with Gasteiger partial charge in [-0.1, -0.05) is 0 Å². The van der Waals surface area contributed by atoms with E-state index in [-0.39, 0.29) is 11.7 Å². The molecule has 5 rings (SSSR count). The molecular weight excluding hydrogens is 471 g/mol. The Hall–Kier alpha value is -3.57. The van der Waals surface area contributed by atoms with Gasteiger partial charge < -0.3 is 9.80 Å². The van der Waals surface area contributed by atoms with Crippen molar-refractivity contribution in [3.63, 3.8) is 0 Å². The van der Waals surface area contributed by atoms with Crippen LogP contribution in [0.5, 0.6) is 0 Å². The highest BCUT2D eigenvalue weighted by Gasteiger charge is 2.45. The number of carbonyl (C=O) groups excluding carboxylic acids is 1. The fraction of sp³-hybridized carbons (Fsp3) is 0.391. The van der Waals surface area contributed by atoms with Gasteiger partial charge >= 0.3 is 6.18 Å². The number of anilines is 2. The van der Waals surface area contributed by atoms with Crippen molar-refractivity contribution in [1.82, 2.24) is 19.7 Å². The van der Waals surface area contributed by atoms with Gasteiger partial charge in [0.25, 0.3) is 0 Å². The first-order chi connectivity index (χ1) is 16.7. The maximum absolute atomic E-state index is 13.9. The summed E-state index contributed by atoms with van der Waals surface area (Å²) in [6.45, 7) is 1.02. The summed E-state index contributed by atoms with van der Waals surface area (Å²) in [5.74, 6) is -1.38. The first-order valence-corrected chi connectivity index (χ1v) is 11.1. The van der Waals surface area contributed by atoms with Crippen molar-refractivity contribution in [2.75, 3.05) is 22.9 Å². The second-order valence-electron chi connectivity index (χ2n) is 8.77. The number of hydrogen-bond donors (Lipinski definition) is 0. The second-order valence-corrected chi connectivity index (χ2v) is 8.77. The van der Waals surface area contributed by atoms with E-state index in [1.165, 1.54) is 18.6 Å². The van der Waals surface area contributed by atoms with Crippen molar-refractivity contribution < 1.29 is 26.7 Å². The van der Waals surface area contributed by atoms with Gasteiger partial charge in [-0.2, -0.15) is 18.3 Å². The molecule has 0 atom stereocenters. The smallest absolute Gasteiger partial charge is 0.356 e. The molecule has 2 aliphatic rings. The van der Waals surface area contributed by atoms with Gasteiger partial charge in [-0.3, -0.25) is 4.79 Å². The van der Waals surface area contributed by atoms with Gasteiger partial charge in [0, 0.05) is 43.5 Å². The van der Waals surface area contributed by atoms with Gasteiger partial charge in [0.2, 0.25) is 5.91 Å². The molecule has 3 aromatic rings. The number of nitrogens with zero attached hydrogens (tertiary/aromatic N) is 6. The molecular formula is C23H21F5N6O. The zero-order valence-corrected chi connectivity index (χ0v) is 18.5. The van der Waals surface area contributed by atoms with E-state index in [0.29, 0.717) is 50.3 Å². The summed E-state index contributed by atoms with van der Waals surface area (Å²) in [5.41, 5.74) is -1.21. The molecule has 0 aliphatic carbocycles. The largest absolute Gasteiger partial charge is 0.435 e. The van der Waals surface area contributed by atoms with Gasteiger partial charge in [0.1, 0.15) is 12.1 Å². The summed E-state index contributed by atoms with van der Waals surface area (Å²) in [6.07, 6.45) is 0.803. The monoisotopic (exact) mass is 492 g/mol. The number of benzene rings is 1. The first kappa shape index (κ1) is 23.2. The van der Waals surface area contributed by atoms with E-state index in [4.69, 9.17) is 0 Å². The van der Waals surface area contributed by atoms with E-state index in [2.05, 4.69) is 15.1 Å². The number of halogens is 5. The Kier molecular flexibility index (Phi) is 5.68. The third-order valence-corrected chi connectivity index (χ3v) is 6.69. The highest BCUT2D eigenvalue weighted by Crippen LogP contribution is 2.42. The van der Waals surface area contributed by atoms with Crippen LogP contribution in [-0.2, 0) is 11.0 Å². The average Bonchev–Trinajstić information content (AvgIpc) is 3.33. The Balaban J connectivity index is 1.36. The van der Waals surface area contributed by atoms with Crippen molar-refractivity contribution in [2.45, 2.75) is 43.8 Å². The Labute approximate surface area is 197 Å². The van der Waals surface area contributed by atoms with E-state index >= 15 is 0 Å². The van der Waals surface area contributed by atoms with E-state index < -0.39 is 29.0 Å². The minimum Gasteiger partial charge on any atom is -0.356 e. The average molecular weight is 492 g/mol. The number of rotatable bonds is 3. The first-order valence-electron chi connectivity index (χ1n) is 11.1. The van der Waals surface area contributed by atoms with Crippen molar-refractivity contribution in [3.8, 4) is 5.82 Å². The summed E-state index contributed by atoms with van der Waals surface area (Å²) in [7, 11) is 0. The van der Waals surface area contributed by atoms with Crippen molar-refractivity contribution in [1.29, 1.82) is 0 Å². The summed E-state index contributed by atoms with van der Waals surface area (Å²) in [6, 6.07) is 5.94. The Morgan fingerprint density at radius 3 is 2.34 bits per heavy atom. The van der Waals surface area contributed by atoms with Crippen LogP contribution in [-0.4, -0.2) is 44.3 Å². The molecule has 7 nitrogen and oxygen atoms in total. The summed E-state index contributed by atoms with van der Waals surface area (Å²) >= 11 is 0.